The maximum atomic E-state index is 9.68. The van der Waals surface area contributed by atoms with Crippen LogP contribution in [0.3, 0.4) is 0 Å². The van der Waals surface area contributed by atoms with Gasteiger partial charge < -0.3 is 19.9 Å². The second-order valence-corrected chi connectivity index (χ2v) is 5.91. The summed E-state index contributed by atoms with van der Waals surface area (Å²) in [5, 5.41) is 12.9. The van der Waals surface area contributed by atoms with Gasteiger partial charge in [0.05, 0.1) is 24.4 Å². The van der Waals surface area contributed by atoms with E-state index in [1.54, 1.807) is 0 Å². The van der Waals surface area contributed by atoms with Crippen LogP contribution in [-0.4, -0.2) is 49.2 Å². The average Bonchev–Trinajstić information content (AvgIpc) is 2.23. The van der Waals surface area contributed by atoms with Gasteiger partial charge in [-0.2, -0.15) is 0 Å². The first-order valence-corrected chi connectivity index (χ1v) is 6.95. The van der Waals surface area contributed by atoms with Gasteiger partial charge in [0.1, 0.15) is 0 Å². The van der Waals surface area contributed by atoms with Crippen molar-refractivity contribution in [3.05, 3.63) is 0 Å². The topological polar surface area (TPSA) is 50.7 Å². The lowest BCUT2D eigenvalue weighted by Gasteiger charge is -2.22. The highest BCUT2D eigenvalue weighted by Crippen LogP contribution is 2.06. The lowest BCUT2D eigenvalue weighted by atomic mass is 10.2. The second kappa shape index (κ2) is 9.73. The van der Waals surface area contributed by atoms with Gasteiger partial charge in [-0.1, -0.05) is 0 Å². The Morgan fingerprint density at radius 3 is 2.39 bits per heavy atom. The molecule has 0 saturated carbocycles. The Labute approximate surface area is 112 Å². The zero-order valence-corrected chi connectivity index (χ0v) is 12.7. The highest BCUT2D eigenvalue weighted by molar-refractivity contribution is 4.64. The second-order valence-electron chi connectivity index (χ2n) is 5.91. The molecule has 2 N–H and O–H groups in total. The SMILES string of the molecule is CC(C)OCCCCNCC(O)COC(C)(C)C. The van der Waals surface area contributed by atoms with E-state index in [2.05, 4.69) is 5.32 Å². The van der Waals surface area contributed by atoms with Gasteiger partial charge in [-0.05, 0) is 54.0 Å². The molecule has 0 radical (unpaired) electrons. The van der Waals surface area contributed by atoms with Crippen molar-refractivity contribution < 1.29 is 14.6 Å². The summed E-state index contributed by atoms with van der Waals surface area (Å²) in [6.45, 7) is 12.7. The molecule has 0 aliphatic heterocycles. The maximum absolute atomic E-state index is 9.68. The van der Waals surface area contributed by atoms with Crippen molar-refractivity contribution in [2.75, 3.05) is 26.3 Å². The third-order valence-electron chi connectivity index (χ3n) is 2.29. The molecule has 0 aromatic carbocycles. The van der Waals surface area contributed by atoms with E-state index in [1.807, 2.05) is 34.6 Å². The van der Waals surface area contributed by atoms with Gasteiger partial charge in [-0.15, -0.1) is 0 Å². The molecule has 4 heteroatoms. The van der Waals surface area contributed by atoms with Gasteiger partial charge in [0.25, 0.3) is 0 Å². The summed E-state index contributed by atoms with van der Waals surface area (Å²) in [6.07, 6.45) is 2.00. The number of aliphatic hydroxyl groups excluding tert-OH is 1. The third kappa shape index (κ3) is 13.9. The Morgan fingerprint density at radius 1 is 1.17 bits per heavy atom. The van der Waals surface area contributed by atoms with Crippen LogP contribution in [0.15, 0.2) is 0 Å². The number of rotatable bonds is 10. The standard InChI is InChI=1S/C14H31NO3/c1-12(2)17-9-7-6-8-15-10-13(16)11-18-14(3,4)5/h12-13,15-16H,6-11H2,1-5H3. The maximum Gasteiger partial charge on any atom is 0.0897 e. The van der Waals surface area contributed by atoms with E-state index in [9.17, 15) is 5.11 Å². The molecule has 0 saturated heterocycles. The fourth-order valence-corrected chi connectivity index (χ4v) is 1.34. The summed E-state index contributed by atoms with van der Waals surface area (Å²) >= 11 is 0. The number of hydrogen-bond donors (Lipinski definition) is 2. The van der Waals surface area contributed by atoms with Gasteiger partial charge in [0.2, 0.25) is 0 Å². The van der Waals surface area contributed by atoms with Crippen LogP contribution in [0.25, 0.3) is 0 Å². The highest BCUT2D eigenvalue weighted by Gasteiger charge is 2.13. The molecule has 0 aliphatic rings. The minimum absolute atomic E-state index is 0.185. The lowest BCUT2D eigenvalue weighted by Crippen LogP contribution is -2.34. The molecule has 110 valence electrons. The van der Waals surface area contributed by atoms with Crippen molar-refractivity contribution in [1.29, 1.82) is 0 Å². The Hall–Kier alpha value is -0.160. The molecule has 1 unspecified atom stereocenters. The molecule has 0 amide bonds. The fraction of sp³-hybridized carbons (Fsp3) is 1.00. The van der Waals surface area contributed by atoms with E-state index >= 15 is 0 Å². The van der Waals surface area contributed by atoms with Crippen LogP contribution >= 0.6 is 0 Å². The zero-order valence-electron chi connectivity index (χ0n) is 12.7. The Bertz CT molecular complexity index is 190. The number of unbranched alkanes of at least 4 members (excludes halogenated alkanes) is 1. The summed E-state index contributed by atoms with van der Waals surface area (Å²) in [5.74, 6) is 0. The minimum atomic E-state index is -0.434. The summed E-state index contributed by atoms with van der Waals surface area (Å²) < 4.78 is 11.0. The minimum Gasteiger partial charge on any atom is -0.389 e. The summed E-state index contributed by atoms with van der Waals surface area (Å²) in [4.78, 5) is 0. The van der Waals surface area contributed by atoms with Crippen LogP contribution in [0.4, 0.5) is 0 Å². The normalized spacial score (nSPS) is 14.2. The Kier molecular flexibility index (Phi) is 9.64. The van der Waals surface area contributed by atoms with E-state index in [0.29, 0.717) is 19.3 Å². The van der Waals surface area contributed by atoms with Crippen molar-refractivity contribution in [2.24, 2.45) is 0 Å². The van der Waals surface area contributed by atoms with Crippen LogP contribution in [0, 0.1) is 0 Å². The van der Waals surface area contributed by atoms with E-state index in [0.717, 1.165) is 26.0 Å². The highest BCUT2D eigenvalue weighted by atomic mass is 16.5. The molecular formula is C14H31NO3. The summed E-state index contributed by atoms with van der Waals surface area (Å²) in [5.41, 5.74) is -0.185. The zero-order chi connectivity index (χ0) is 14.0. The number of aliphatic hydroxyl groups is 1. The molecule has 1 atom stereocenters. The molecule has 18 heavy (non-hydrogen) atoms. The van der Waals surface area contributed by atoms with Crippen molar-refractivity contribution in [3.63, 3.8) is 0 Å². The first kappa shape index (κ1) is 17.8. The van der Waals surface area contributed by atoms with Gasteiger partial charge in [-0.3, -0.25) is 0 Å². The molecule has 0 heterocycles. The van der Waals surface area contributed by atoms with Crippen LogP contribution in [0.2, 0.25) is 0 Å². The largest absolute Gasteiger partial charge is 0.389 e. The Morgan fingerprint density at radius 2 is 1.83 bits per heavy atom. The number of hydrogen-bond acceptors (Lipinski definition) is 4. The number of ether oxygens (including phenoxy) is 2. The predicted molar refractivity (Wildman–Crippen MR) is 74.9 cm³/mol. The monoisotopic (exact) mass is 261 g/mol. The first-order chi connectivity index (χ1) is 8.31. The van der Waals surface area contributed by atoms with Crippen LogP contribution < -0.4 is 5.32 Å². The van der Waals surface area contributed by atoms with E-state index in [1.165, 1.54) is 0 Å². The van der Waals surface area contributed by atoms with Crippen molar-refractivity contribution in [3.8, 4) is 0 Å². The molecule has 4 nitrogen and oxygen atoms in total. The molecule has 0 bridgehead atoms. The van der Waals surface area contributed by atoms with Gasteiger partial charge >= 0.3 is 0 Å². The molecule has 0 spiro atoms. The molecule has 0 rings (SSSR count). The molecule has 0 aromatic rings. The molecule has 0 aromatic heterocycles. The van der Waals surface area contributed by atoms with Crippen LogP contribution in [0.1, 0.15) is 47.5 Å². The van der Waals surface area contributed by atoms with Gasteiger partial charge in [0, 0.05) is 13.2 Å². The summed E-state index contributed by atoms with van der Waals surface area (Å²) in [6, 6.07) is 0. The smallest absolute Gasteiger partial charge is 0.0897 e. The van der Waals surface area contributed by atoms with E-state index in [4.69, 9.17) is 9.47 Å². The van der Waals surface area contributed by atoms with Crippen LogP contribution in [0.5, 0.6) is 0 Å². The van der Waals surface area contributed by atoms with Gasteiger partial charge in [0.15, 0.2) is 0 Å². The molecular weight excluding hydrogens is 230 g/mol. The average molecular weight is 261 g/mol. The molecule has 0 fully saturated rings. The van der Waals surface area contributed by atoms with E-state index in [-0.39, 0.29) is 5.60 Å². The van der Waals surface area contributed by atoms with Crippen LogP contribution in [-0.2, 0) is 9.47 Å². The summed E-state index contributed by atoms with van der Waals surface area (Å²) in [7, 11) is 0. The van der Waals surface area contributed by atoms with Crippen molar-refractivity contribution in [2.45, 2.75) is 65.3 Å². The Balaban J connectivity index is 3.28. The van der Waals surface area contributed by atoms with Crippen molar-refractivity contribution >= 4 is 0 Å². The lowest BCUT2D eigenvalue weighted by molar-refractivity contribution is -0.0478. The quantitative estimate of drug-likeness (QED) is 0.590. The van der Waals surface area contributed by atoms with E-state index < -0.39 is 6.10 Å². The van der Waals surface area contributed by atoms with Crippen molar-refractivity contribution in [1.82, 2.24) is 5.32 Å². The predicted octanol–water partition coefficient (Wildman–Crippen LogP) is 1.96. The first-order valence-electron chi connectivity index (χ1n) is 6.95. The third-order valence-corrected chi connectivity index (χ3v) is 2.29. The fourth-order valence-electron chi connectivity index (χ4n) is 1.34. The number of nitrogens with one attached hydrogen (secondary N) is 1. The van der Waals surface area contributed by atoms with Gasteiger partial charge in [-0.25, -0.2) is 0 Å². The molecule has 0 aliphatic carbocycles.